The minimum absolute atomic E-state index is 0.0588. The molecule has 0 unspecified atom stereocenters. The Morgan fingerprint density at radius 2 is 2.12 bits per heavy atom. The number of nitrogens with zero attached hydrogens (tertiary/aromatic N) is 2. The van der Waals surface area contributed by atoms with E-state index in [-0.39, 0.29) is 36.0 Å². The lowest BCUT2D eigenvalue weighted by molar-refractivity contribution is 0.0566. The lowest BCUT2D eigenvalue weighted by Gasteiger charge is -2.29. The monoisotopic (exact) mass is 368 g/mol. The van der Waals surface area contributed by atoms with Gasteiger partial charge in [-0.3, -0.25) is 9.69 Å². The quantitative estimate of drug-likeness (QED) is 0.712. The van der Waals surface area contributed by atoms with Crippen molar-refractivity contribution in [1.82, 2.24) is 9.47 Å². The number of ketones is 1. The van der Waals surface area contributed by atoms with E-state index in [1.165, 1.54) is 0 Å². The number of aromatic nitrogens is 1. The Balaban J connectivity index is 1.76. The molecule has 3 heterocycles. The molecule has 2 aliphatic heterocycles. The summed E-state index contributed by atoms with van der Waals surface area (Å²) in [6.07, 6.45) is 2.73. The number of Topliss-reactive ketones (excluding diaryl/α,β-unsaturated/α-hetero) is 1. The maximum absolute atomic E-state index is 12.9. The Kier molecular flexibility index (Phi) is 5.37. The zero-order valence-corrected chi connectivity index (χ0v) is 16.1. The fourth-order valence-electron chi connectivity index (χ4n) is 3.86. The van der Waals surface area contributed by atoms with Gasteiger partial charge in [-0.1, -0.05) is 0 Å². The van der Waals surface area contributed by atoms with Gasteiger partial charge in [0.1, 0.15) is 0 Å². The molecule has 2 fully saturated rings. The zero-order valence-electron chi connectivity index (χ0n) is 15.3. The van der Waals surface area contributed by atoms with Crippen molar-refractivity contribution in [3.63, 3.8) is 0 Å². The van der Waals surface area contributed by atoms with Crippen LogP contribution in [0.2, 0.25) is 0 Å². The van der Waals surface area contributed by atoms with Gasteiger partial charge in [-0.05, 0) is 39.2 Å². The summed E-state index contributed by atoms with van der Waals surface area (Å²) in [4.78, 5) is 14.9. The standard InChI is InChI=1S/C18H28N2O4S/c1-13-9-17(14(2)19(13)3)18(21)11-20(10-16-5-4-7-24-16)15-6-8-25(22,23)12-15/h9,15-16H,4-8,10-12H2,1-3H3/t15-,16-/m1/s1. The first kappa shape index (κ1) is 18.6. The molecule has 0 radical (unpaired) electrons. The molecule has 0 aromatic carbocycles. The van der Waals surface area contributed by atoms with Crippen molar-refractivity contribution in [2.75, 3.05) is 31.2 Å². The van der Waals surface area contributed by atoms with Gasteiger partial charge >= 0.3 is 0 Å². The second-order valence-electron chi connectivity index (χ2n) is 7.39. The Morgan fingerprint density at radius 3 is 2.64 bits per heavy atom. The highest BCUT2D eigenvalue weighted by atomic mass is 32.2. The number of hydrogen-bond donors (Lipinski definition) is 0. The number of ether oxygens (including phenoxy) is 1. The van der Waals surface area contributed by atoms with Crippen molar-refractivity contribution in [3.05, 3.63) is 23.0 Å². The van der Waals surface area contributed by atoms with Gasteiger partial charge in [-0.2, -0.15) is 0 Å². The summed E-state index contributed by atoms with van der Waals surface area (Å²) in [6, 6.07) is 1.84. The van der Waals surface area contributed by atoms with Gasteiger partial charge in [-0.15, -0.1) is 0 Å². The van der Waals surface area contributed by atoms with Crippen molar-refractivity contribution in [2.24, 2.45) is 7.05 Å². The van der Waals surface area contributed by atoms with E-state index in [0.29, 0.717) is 13.0 Å². The number of rotatable bonds is 6. The lowest BCUT2D eigenvalue weighted by atomic mass is 10.1. The van der Waals surface area contributed by atoms with Crippen LogP contribution in [0.15, 0.2) is 6.07 Å². The molecule has 140 valence electrons. The molecule has 7 heteroatoms. The molecule has 0 bridgehead atoms. The fraction of sp³-hybridized carbons (Fsp3) is 0.722. The van der Waals surface area contributed by atoms with Gasteiger partial charge < -0.3 is 9.30 Å². The normalized spacial score (nSPS) is 25.8. The van der Waals surface area contributed by atoms with Gasteiger partial charge in [-0.25, -0.2) is 8.42 Å². The summed E-state index contributed by atoms with van der Waals surface area (Å²) >= 11 is 0. The predicted octanol–water partition coefficient (Wildman–Crippen LogP) is 1.49. The Bertz CT molecular complexity index is 747. The van der Waals surface area contributed by atoms with E-state index < -0.39 is 9.84 Å². The Hall–Kier alpha value is -1.18. The third-order valence-electron chi connectivity index (χ3n) is 5.61. The molecule has 25 heavy (non-hydrogen) atoms. The van der Waals surface area contributed by atoms with Crippen molar-refractivity contribution in [1.29, 1.82) is 0 Å². The largest absolute Gasteiger partial charge is 0.377 e. The van der Waals surface area contributed by atoms with Crippen molar-refractivity contribution in [3.8, 4) is 0 Å². The van der Waals surface area contributed by atoms with E-state index >= 15 is 0 Å². The zero-order chi connectivity index (χ0) is 18.2. The van der Waals surface area contributed by atoms with Crippen LogP contribution in [0.3, 0.4) is 0 Å². The van der Waals surface area contributed by atoms with Crippen LogP contribution in [-0.2, 0) is 21.6 Å². The fourth-order valence-corrected chi connectivity index (χ4v) is 5.62. The third-order valence-corrected chi connectivity index (χ3v) is 7.36. The van der Waals surface area contributed by atoms with Crippen LogP contribution >= 0.6 is 0 Å². The summed E-state index contributed by atoms with van der Waals surface area (Å²) in [5.41, 5.74) is 2.74. The summed E-state index contributed by atoms with van der Waals surface area (Å²) in [5, 5.41) is 0. The van der Waals surface area contributed by atoms with E-state index in [4.69, 9.17) is 4.74 Å². The summed E-state index contributed by atoms with van der Waals surface area (Å²) < 4.78 is 31.5. The van der Waals surface area contributed by atoms with E-state index in [0.717, 1.165) is 36.4 Å². The van der Waals surface area contributed by atoms with Gasteiger partial charge in [0.2, 0.25) is 0 Å². The minimum atomic E-state index is -2.98. The maximum atomic E-state index is 12.9. The van der Waals surface area contributed by atoms with Gasteiger partial charge in [0, 0.05) is 43.2 Å². The van der Waals surface area contributed by atoms with Crippen LogP contribution in [0.4, 0.5) is 0 Å². The number of aryl methyl sites for hydroxylation is 1. The molecule has 2 saturated heterocycles. The number of carbonyl (C=O) groups excluding carboxylic acids is 1. The number of carbonyl (C=O) groups is 1. The molecular weight excluding hydrogens is 340 g/mol. The molecule has 2 atom stereocenters. The summed E-state index contributed by atoms with van der Waals surface area (Å²) in [7, 11) is -1.03. The summed E-state index contributed by atoms with van der Waals surface area (Å²) in [6.45, 7) is 5.58. The highest BCUT2D eigenvalue weighted by Crippen LogP contribution is 2.22. The SMILES string of the molecule is Cc1cc(C(=O)CN(C[C@H]2CCCO2)[C@@H]2CCS(=O)(=O)C2)c(C)n1C. The molecule has 0 spiro atoms. The topological polar surface area (TPSA) is 68.6 Å². The maximum Gasteiger partial charge on any atom is 0.178 e. The van der Waals surface area contributed by atoms with Crippen LogP contribution in [0.5, 0.6) is 0 Å². The van der Waals surface area contributed by atoms with E-state index in [1.807, 2.05) is 36.4 Å². The number of hydrogen-bond acceptors (Lipinski definition) is 5. The first-order valence-corrected chi connectivity index (χ1v) is 10.8. The Labute approximate surface area is 150 Å². The first-order valence-electron chi connectivity index (χ1n) is 8.99. The molecular formula is C18H28N2O4S. The van der Waals surface area contributed by atoms with Crippen molar-refractivity contribution < 1.29 is 17.9 Å². The molecule has 0 amide bonds. The molecule has 0 aliphatic carbocycles. The van der Waals surface area contributed by atoms with Crippen LogP contribution in [0.25, 0.3) is 0 Å². The van der Waals surface area contributed by atoms with Crippen molar-refractivity contribution >= 4 is 15.6 Å². The van der Waals surface area contributed by atoms with Crippen molar-refractivity contribution in [2.45, 2.75) is 45.3 Å². The molecule has 6 nitrogen and oxygen atoms in total. The highest BCUT2D eigenvalue weighted by Gasteiger charge is 2.35. The van der Waals surface area contributed by atoms with Gasteiger partial charge in [0.25, 0.3) is 0 Å². The smallest absolute Gasteiger partial charge is 0.178 e. The van der Waals surface area contributed by atoms with E-state index in [2.05, 4.69) is 0 Å². The van der Waals surface area contributed by atoms with Crippen LogP contribution in [0.1, 0.15) is 41.0 Å². The predicted molar refractivity (Wildman–Crippen MR) is 96.8 cm³/mol. The van der Waals surface area contributed by atoms with Crippen LogP contribution < -0.4 is 0 Å². The average Bonchev–Trinajstić information content (AvgIpc) is 3.24. The third kappa shape index (κ3) is 4.15. The molecule has 3 rings (SSSR count). The lowest BCUT2D eigenvalue weighted by Crippen LogP contribution is -2.44. The Morgan fingerprint density at radius 1 is 1.36 bits per heavy atom. The molecule has 0 N–H and O–H groups in total. The molecule has 2 aliphatic rings. The highest BCUT2D eigenvalue weighted by molar-refractivity contribution is 7.91. The van der Waals surface area contributed by atoms with Crippen LogP contribution in [-0.4, -0.2) is 67.0 Å². The molecule has 0 saturated carbocycles. The van der Waals surface area contributed by atoms with Gasteiger partial charge in [0.05, 0.1) is 24.2 Å². The second-order valence-corrected chi connectivity index (χ2v) is 9.62. The van der Waals surface area contributed by atoms with E-state index in [9.17, 15) is 13.2 Å². The first-order chi connectivity index (χ1) is 11.8. The van der Waals surface area contributed by atoms with E-state index in [1.54, 1.807) is 0 Å². The summed E-state index contributed by atoms with van der Waals surface area (Å²) in [5.74, 6) is 0.431. The van der Waals surface area contributed by atoms with Crippen LogP contribution in [0, 0.1) is 13.8 Å². The van der Waals surface area contributed by atoms with Gasteiger partial charge in [0.15, 0.2) is 15.6 Å². The molecule has 1 aromatic rings. The second kappa shape index (κ2) is 7.21. The minimum Gasteiger partial charge on any atom is -0.377 e. The average molecular weight is 368 g/mol. The number of sulfone groups is 1. The molecule has 1 aromatic heterocycles.